The van der Waals surface area contributed by atoms with Crippen molar-refractivity contribution in [3.8, 4) is 5.88 Å². The molecule has 3 heterocycles. The number of aromatic nitrogens is 1. The van der Waals surface area contributed by atoms with Crippen molar-refractivity contribution in [2.24, 2.45) is 4.99 Å². The van der Waals surface area contributed by atoms with E-state index in [4.69, 9.17) is 9.73 Å². The number of aliphatic imine (C=N–C) groups is 1. The van der Waals surface area contributed by atoms with Crippen LogP contribution in [0.2, 0.25) is 0 Å². The molecule has 6 nitrogen and oxygen atoms in total. The number of nitrogens with zero attached hydrogens (tertiary/aromatic N) is 3. The molecule has 162 valence electrons. The van der Waals surface area contributed by atoms with Crippen LogP contribution >= 0.6 is 11.3 Å². The number of piperidine rings is 1. The molecule has 7 heteroatoms. The first-order valence-electron chi connectivity index (χ1n) is 11.2. The summed E-state index contributed by atoms with van der Waals surface area (Å²) in [6.07, 6.45) is 9.31. The third-order valence-electron chi connectivity index (χ3n) is 5.80. The molecule has 1 aliphatic heterocycles. The average molecular weight is 428 g/mol. The van der Waals surface area contributed by atoms with Gasteiger partial charge < -0.3 is 20.3 Å². The highest BCUT2D eigenvalue weighted by Crippen LogP contribution is 2.25. The minimum Gasteiger partial charge on any atom is -0.474 e. The third kappa shape index (κ3) is 5.88. The minimum absolute atomic E-state index is 0.345. The van der Waals surface area contributed by atoms with Crippen molar-refractivity contribution in [3.05, 3.63) is 41.4 Å². The van der Waals surface area contributed by atoms with Crippen molar-refractivity contribution in [3.63, 3.8) is 0 Å². The molecular weight excluding hydrogens is 394 g/mol. The standard InChI is InChI=1S/C23H33N5OS/c1-2-24-23(27-19-11-13-28(14-12-19)22-8-5-15-30-22)26-17-18-9-10-21(25-16-18)29-20-6-3-4-7-20/h5,8-10,15-16,19-20H,2-4,6-7,11-14,17H2,1H3,(H2,24,26,27). The normalized spacial score (nSPS) is 18.6. The fourth-order valence-electron chi connectivity index (χ4n) is 4.13. The second kappa shape index (κ2) is 10.7. The van der Waals surface area contributed by atoms with Crippen LogP contribution in [0, 0.1) is 0 Å². The van der Waals surface area contributed by atoms with E-state index >= 15 is 0 Å². The maximum atomic E-state index is 5.96. The topological polar surface area (TPSA) is 61.8 Å². The van der Waals surface area contributed by atoms with Gasteiger partial charge in [-0.05, 0) is 68.5 Å². The second-order valence-corrected chi connectivity index (χ2v) is 9.01. The Kier molecular flexibility index (Phi) is 7.45. The Hall–Kier alpha value is -2.28. The Morgan fingerprint density at radius 3 is 2.70 bits per heavy atom. The summed E-state index contributed by atoms with van der Waals surface area (Å²) in [6, 6.07) is 8.84. The zero-order valence-electron chi connectivity index (χ0n) is 17.8. The molecule has 4 rings (SSSR count). The lowest BCUT2D eigenvalue weighted by atomic mass is 10.1. The Labute approximate surface area is 183 Å². The summed E-state index contributed by atoms with van der Waals surface area (Å²) in [5.74, 6) is 1.62. The van der Waals surface area contributed by atoms with Crippen LogP contribution in [0.25, 0.3) is 0 Å². The van der Waals surface area contributed by atoms with E-state index in [1.807, 2.05) is 23.6 Å². The number of hydrogen-bond acceptors (Lipinski definition) is 5. The van der Waals surface area contributed by atoms with Crippen LogP contribution in [-0.4, -0.2) is 42.7 Å². The molecule has 0 unspecified atom stereocenters. The molecule has 1 aliphatic carbocycles. The number of pyridine rings is 1. The van der Waals surface area contributed by atoms with Crippen LogP contribution in [0.15, 0.2) is 40.8 Å². The van der Waals surface area contributed by atoms with Gasteiger partial charge in [-0.15, -0.1) is 11.3 Å². The third-order valence-corrected chi connectivity index (χ3v) is 6.73. The monoisotopic (exact) mass is 427 g/mol. The summed E-state index contributed by atoms with van der Waals surface area (Å²) >= 11 is 1.82. The van der Waals surface area contributed by atoms with E-state index < -0.39 is 0 Å². The quantitative estimate of drug-likeness (QED) is 0.512. The van der Waals surface area contributed by atoms with Gasteiger partial charge in [-0.1, -0.05) is 6.07 Å². The molecule has 2 fully saturated rings. The molecule has 1 saturated heterocycles. The molecule has 2 N–H and O–H groups in total. The molecule has 2 aliphatic rings. The number of anilines is 1. The maximum Gasteiger partial charge on any atom is 0.213 e. The molecule has 0 spiro atoms. The van der Waals surface area contributed by atoms with E-state index in [1.54, 1.807) is 0 Å². The highest BCUT2D eigenvalue weighted by molar-refractivity contribution is 7.14. The first-order valence-corrected chi connectivity index (χ1v) is 12.1. The van der Waals surface area contributed by atoms with Crippen molar-refractivity contribution in [2.45, 2.75) is 64.1 Å². The summed E-state index contributed by atoms with van der Waals surface area (Å²) in [4.78, 5) is 11.7. The Morgan fingerprint density at radius 2 is 2.03 bits per heavy atom. The van der Waals surface area contributed by atoms with Gasteiger partial charge in [-0.3, -0.25) is 0 Å². The average Bonchev–Trinajstić information content (AvgIpc) is 3.48. The number of hydrogen-bond donors (Lipinski definition) is 2. The van der Waals surface area contributed by atoms with Crippen molar-refractivity contribution in [1.29, 1.82) is 0 Å². The fourth-order valence-corrected chi connectivity index (χ4v) is 4.91. The van der Waals surface area contributed by atoms with Gasteiger partial charge >= 0.3 is 0 Å². The first kappa shape index (κ1) is 21.0. The summed E-state index contributed by atoms with van der Waals surface area (Å²) < 4.78 is 5.96. The van der Waals surface area contributed by atoms with Crippen molar-refractivity contribution >= 4 is 22.3 Å². The Bertz CT molecular complexity index is 778. The smallest absolute Gasteiger partial charge is 0.213 e. The van der Waals surface area contributed by atoms with E-state index in [0.717, 1.165) is 62.7 Å². The lowest BCUT2D eigenvalue weighted by Crippen LogP contribution is -2.48. The summed E-state index contributed by atoms with van der Waals surface area (Å²) in [5, 5.41) is 10.5. The molecule has 0 aromatic carbocycles. The van der Waals surface area contributed by atoms with Crippen LogP contribution in [0.1, 0.15) is 51.0 Å². The van der Waals surface area contributed by atoms with Gasteiger partial charge in [0.15, 0.2) is 5.96 Å². The predicted molar refractivity (Wildman–Crippen MR) is 125 cm³/mol. The molecule has 0 radical (unpaired) electrons. The highest BCUT2D eigenvalue weighted by atomic mass is 32.1. The van der Waals surface area contributed by atoms with Gasteiger partial charge in [0, 0.05) is 37.9 Å². The first-order chi connectivity index (χ1) is 14.8. The van der Waals surface area contributed by atoms with E-state index in [0.29, 0.717) is 18.7 Å². The van der Waals surface area contributed by atoms with E-state index in [9.17, 15) is 0 Å². The van der Waals surface area contributed by atoms with Crippen LogP contribution < -0.4 is 20.3 Å². The molecular formula is C23H33N5OS. The molecule has 0 bridgehead atoms. The Balaban J connectivity index is 1.27. The largest absolute Gasteiger partial charge is 0.474 e. The van der Waals surface area contributed by atoms with Crippen molar-refractivity contribution in [1.82, 2.24) is 15.6 Å². The number of rotatable bonds is 7. The summed E-state index contributed by atoms with van der Waals surface area (Å²) in [6.45, 7) is 5.74. The second-order valence-electron chi connectivity index (χ2n) is 8.08. The van der Waals surface area contributed by atoms with Gasteiger partial charge in [-0.2, -0.15) is 0 Å². The molecule has 0 atom stereocenters. The summed E-state index contributed by atoms with van der Waals surface area (Å²) in [5.41, 5.74) is 1.10. The zero-order valence-corrected chi connectivity index (χ0v) is 18.7. The number of nitrogens with one attached hydrogen (secondary N) is 2. The predicted octanol–water partition coefficient (Wildman–Crippen LogP) is 4.19. The van der Waals surface area contributed by atoms with Gasteiger partial charge in [0.1, 0.15) is 6.10 Å². The van der Waals surface area contributed by atoms with Crippen LogP contribution in [0.3, 0.4) is 0 Å². The maximum absolute atomic E-state index is 5.96. The van der Waals surface area contributed by atoms with Gasteiger partial charge in [0.25, 0.3) is 0 Å². The highest BCUT2D eigenvalue weighted by Gasteiger charge is 2.21. The van der Waals surface area contributed by atoms with Gasteiger partial charge in [0.2, 0.25) is 5.88 Å². The lowest BCUT2D eigenvalue weighted by Gasteiger charge is -2.33. The minimum atomic E-state index is 0.345. The number of guanidine groups is 1. The fraction of sp³-hybridized carbons (Fsp3) is 0.565. The molecule has 1 saturated carbocycles. The number of thiophene rings is 1. The van der Waals surface area contributed by atoms with Gasteiger partial charge in [-0.25, -0.2) is 9.98 Å². The molecule has 2 aromatic rings. The molecule has 30 heavy (non-hydrogen) atoms. The van der Waals surface area contributed by atoms with E-state index in [1.165, 1.54) is 17.8 Å². The summed E-state index contributed by atoms with van der Waals surface area (Å²) in [7, 11) is 0. The molecule has 2 aromatic heterocycles. The van der Waals surface area contributed by atoms with Gasteiger partial charge in [0.05, 0.1) is 11.5 Å². The van der Waals surface area contributed by atoms with Crippen LogP contribution in [0.5, 0.6) is 5.88 Å². The Morgan fingerprint density at radius 1 is 1.20 bits per heavy atom. The zero-order chi connectivity index (χ0) is 20.6. The molecule has 0 amide bonds. The SMILES string of the molecule is CCNC(=NCc1ccc(OC2CCCC2)nc1)NC1CCN(c2cccs2)CC1. The lowest BCUT2D eigenvalue weighted by molar-refractivity contribution is 0.201. The van der Waals surface area contributed by atoms with E-state index in [-0.39, 0.29) is 0 Å². The number of ether oxygens (including phenoxy) is 1. The van der Waals surface area contributed by atoms with Crippen molar-refractivity contribution in [2.75, 3.05) is 24.5 Å². The van der Waals surface area contributed by atoms with Crippen LogP contribution in [0.4, 0.5) is 5.00 Å². The van der Waals surface area contributed by atoms with Crippen molar-refractivity contribution < 1.29 is 4.74 Å². The van der Waals surface area contributed by atoms with Crippen LogP contribution in [-0.2, 0) is 6.54 Å². The van der Waals surface area contributed by atoms with E-state index in [2.05, 4.69) is 51.0 Å².